The van der Waals surface area contributed by atoms with Gasteiger partial charge in [0.25, 0.3) is 0 Å². The second-order valence-corrected chi connectivity index (χ2v) is 8.28. The Bertz CT molecular complexity index is 1260. The molecular formula is C23H17F2N5OS. The fourth-order valence-electron chi connectivity index (χ4n) is 3.52. The normalized spacial score (nSPS) is 17.3. The molecule has 0 aliphatic carbocycles. The van der Waals surface area contributed by atoms with E-state index in [1.807, 2.05) is 30.3 Å². The van der Waals surface area contributed by atoms with E-state index >= 15 is 0 Å². The Labute approximate surface area is 186 Å². The van der Waals surface area contributed by atoms with Crippen molar-refractivity contribution >= 4 is 23.4 Å². The van der Waals surface area contributed by atoms with Crippen LogP contribution in [0.1, 0.15) is 11.6 Å². The minimum atomic E-state index is -0.708. The van der Waals surface area contributed by atoms with Crippen LogP contribution in [0, 0.1) is 11.6 Å². The summed E-state index contributed by atoms with van der Waals surface area (Å²) < 4.78 is 29.4. The van der Waals surface area contributed by atoms with E-state index in [2.05, 4.69) is 20.9 Å². The highest BCUT2D eigenvalue weighted by Gasteiger charge is 2.38. The fourth-order valence-corrected chi connectivity index (χ4v) is 4.60. The van der Waals surface area contributed by atoms with Crippen LogP contribution in [0.3, 0.4) is 0 Å². The van der Waals surface area contributed by atoms with Crippen molar-refractivity contribution in [2.45, 2.75) is 16.4 Å². The van der Waals surface area contributed by atoms with Crippen molar-refractivity contribution in [1.29, 1.82) is 0 Å². The number of hydrogen-bond acceptors (Lipinski definition) is 5. The van der Waals surface area contributed by atoms with Crippen LogP contribution < -0.4 is 10.7 Å². The lowest BCUT2D eigenvalue weighted by molar-refractivity contribution is -0.116. The maximum Gasteiger partial charge on any atom is 0.240 e. The first kappa shape index (κ1) is 20.2. The number of amides is 1. The van der Waals surface area contributed by atoms with Crippen LogP contribution >= 0.6 is 11.8 Å². The van der Waals surface area contributed by atoms with Crippen LogP contribution in [0.2, 0.25) is 0 Å². The van der Waals surface area contributed by atoms with Gasteiger partial charge in [0, 0.05) is 5.56 Å². The van der Waals surface area contributed by atoms with Gasteiger partial charge >= 0.3 is 0 Å². The summed E-state index contributed by atoms with van der Waals surface area (Å²) in [4.78, 5) is 13.2. The maximum absolute atomic E-state index is 14.1. The molecule has 0 spiro atoms. The molecule has 9 heteroatoms. The second kappa shape index (κ2) is 8.43. The van der Waals surface area contributed by atoms with Crippen molar-refractivity contribution in [2.75, 3.05) is 10.7 Å². The van der Waals surface area contributed by atoms with Gasteiger partial charge in [0.05, 0.1) is 11.7 Å². The van der Waals surface area contributed by atoms with Crippen LogP contribution in [0.15, 0.2) is 84.0 Å². The number of carbonyl (C=O) groups excluding carboxylic acids is 1. The molecule has 32 heavy (non-hydrogen) atoms. The molecule has 0 bridgehead atoms. The quantitative estimate of drug-likeness (QED) is 0.476. The molecular weight excluding hydrogens is 432 g/mol. The highest BCUT2D eigenvalue weighted by atomic mass is 32.2. The largest absolute Gasteiger partial charge is 0.323 e. The number of para-hydroxylation sites is 1. The first-order valence-corrected chi connectivity index (χ1v) is 10.7. The molecule has 1 aromatic heterocycles. The number of hydrogen-bond donors (Lipinski definition) is 2. The van der Waals surface area contributed by atoms with Gasteiger partial charge in [-0.3, -0.25) is 4.79 Å². The summed E-state index contributed by atoms with van der Waals surface area (Å²) >= 11 is 1.21. The summed E-state index contributed by atoms with van der Waals surface area (Å²) in [5, 5.41) is 11.0. The molecule has 0 fully saturated rings. The number of aromatic nitrogens is 3. The minimum Gasteiger partial charge on any atom is -0.323 e. The molecule has 0 saturated carbocycles. The van der Waals surface area contributed by atoms with E-state index in [0.29, 0.717) is 16.5 Å². The molecule has 2 N–H and O–H groups in total. The van der Waals surface area contributed by atoms with Crippen LogP contribution in [0.4, 0.5) is 14.5 Å². The number of rotatable bonds is 4. The number of anilines is 1. The van der Waals surface area contributed by atoms with Crippen molar-refractivity contribution in [3.63, 3.8) is 0 Å². The van der Waals surface area contributed by atoms with Gasteiger partial charge in [0.2, 0.25) is 11.1 Å². The fraction of sp³-hybridized carbons (Fsp3) is 0.0870. The molecule has 1 amide bonds. The molecule has 2 atom stereocenters. The van der Waals surface area contributed by atoms with Gasteiger partial charge in [-0.25, -0.2) is 13.5 Å². The SMILES string of the molecule is O=C(Nc1ccccc1F)C1Sc2nnc(-c3ccccc3)n2NC1c1ccc(F)cc1. The molecule has 6 nitrogen and oxygen atoms in total. The molecule has 2 heterocycles. The van der Waals surface area contributed by atoms with Crippen LogP contribution in [-0.2, 0) is 4.79 Å². The summed E-state index contributed by atoms with van der Waals surface area (Å²) in [6.45, 7) is 0. The Kier molecular flexibility index (Phi) is 5.32. The Balaban J connectivity index is 1.52. The van der Waals surface area contributed by atoms with E-state index in [-0.39, 0.29) is 11.5 Å². The van der Waals surface area contributed by atoms with Gasteiger partial charge in [-0.1, -0.05) is 66.4 Å². The highest BCUT2D eigenvalue weighted by Crippen LogP contribution is 2.39. The summed E-state index contributed by atoms with van der Waals surface area (Å²) in [7, 11) is 0. The third-order valence-corrected chi connectivity index (χ3v) is 6.30. The number of thioether (sulfide) groups is 1. The van der Waals surface area contributed by atoms with Gasteiger partial charge in [-0.15, -0.1) is 10.2 Å². The van der Waals surface area contributed by atoms with E-state index in [9.17, 15) is 13.6 Å². The van der Waals surface area contributed by atoms with Crippen molar-refractivity contribution < 1.29 is 13.6 Å². The average molecular weight is 449 g/mol. The van der Waals surface area contributed by atoms with E-state index in [4.69, 9.17) is 0 Å². The molecule has 5 rings (SSSR count). The second-order valence-electron chi connectivity index (χ2n) is 7.17. The smallest absolute Gasteiger partial charge is 0.240 e. The number of fused-ring (bicyclic) bond motifs is 1. The summed E-state index contributed by atoms with van der Waals surface area (Å²) in [5.74, 6) is -0.715. The molecule has 2 unspecified atom stereocenters. The van der Waals surface area contributed by atoms with Gasteiger partial charge < -0.3 is 10.7 Å². The van der Waals surface area contributed by atoms with Crippen molar-refractivity contribution in [1.82, 2.24) is 14.9 Å². The minimum absolute atomic E-state index is 0.0907. The monoisotopic (exact) mass is 449 g/mol. The van der Waals surface area contributed by atoms with Gasteiger partial charge in [-0.2, -0.15) is 0 Å². The third-order valence-electron chi connectivity index (χ3n) is 5.09. The number of carbonyl (C=O) groups is 1. The van der Waals surface area contributed by atoms with E-state index in [0.717, 1.165) is 5.56 Å². The Hall–Kier alpha value is -3.72. The standard InChI is InChI=1S/C23H17F2N5OS/c24-16-12-10-14(11-13-16)19-20(22(31)26-18-9-5-4-8-17(18)25)32-23-28-27-21(30(23)29-19)15-6-2-1-3-7-15/h1-13,19-20,29H,(H,26,31). The average Bonchev–Trinajstić information content (AvgIpc) is 3.24. The van der Waals surface area contributed by atoms with E-state index in [1.54, 1.807) is 28.9 Å². The molecule has 0 saturated heterocycles. The van der Waals surface area contributed by atoms with Crippen LogP contribution in [-0.4, -0.2) is 26.0 Å². The Morgan fingerprint density at radius 2 is 1.66 bits per heavy atom. The van der Waals surface area contributed by atoms with Crippen LogP contribution in [0.25, 0.3) is 11.4 Å². The molecule has 3 aromatic carbocycles. The van der Waals surface area contributed by atoms with Crippen molar-refractivity contribution in [3.05, 3.63) is 96.1 Å². The molecule has 1 aliphatic heterocycles. The number of benzene rings is 3. The lowest BCUT2D eigenvalue weighted by Crippen LogP contribution is -2.41. The lowest BCUT2D eigenvalue weighted by Gasteiger charge is -2.33. The molecule has 4 aromatic rings. The van der Waals surface area contributed by atoms with Crippen molar-refractivity contribution in [3.8, 4) is 11.4 Å². The highest BCUT2D eigenvalue weighted by molar-refractivity contribution is 8.00. The van der Waals surface area contributed by atoms with Crippen molar-refractivity contribution in [2.24, 2.45) is 0 Å². The van der Waals surface area contributed by atoms with Gasteiger partial charge in [0.1, 0.15) is 16.9 Å². The number of nitrogens with one attached hydrogen (secondary N) is 2. The zero-order valence-corrected chi connectivity index (χ0v) is 17.4. The Morgan fingerprint density at radius 3 is 2.41 bits per heavy atom. The molecule has 1 aliphatic rings. The first-order chi connectivity index (χ1) is 15.6. The molecule has 160 valence electrons. The predicted molar refractivity (Wildman–Crippen MR) is 119 cm³/mol. The van der Waals surface area contributed by atoms with Crippen LogP contribution in [0.5, 0.6) is 0 Å². The predicted octanol–water partition coefficient (Wildman–Crippen LogP) is 4.62. The summed E-state index contributed by atoms with van der Waals surface area (Å²) in [6.07, 6.45) is 0. The van der Waals surface area contributed by atoms with Gasteiger partial charge in [-0.05, 0) is 29.8 Å². The molecule has 0 radical (unpaired) electrons. The maximum atomic E-state index is 14.1. The Morgan fingerprint density at radius 1 is 0.938 bits per heavy atom. The first-order valence-electron chi connectivity index (χ1n) is 9.85. The number of nitrogens with zero attached hydrogens (tertiary/aromatic N) is 3. The topological polar surface area (TPSA) is 71.8 Å². The number of halogens is 2. The zero-order valence-electron chi connectivity index (χ0n) is 16.6. The zero-order chi connectivity index (χ0) is 22.1. The summed E-state index contributed by atoms with van der Waals surface area (Å²) in [6, 6.07) is 20.9. The third kappa shape index (κ3) is 3.82. The van der Waals surface area contributed by atoms with E-state index < -0.39 is 23.0 Å². The van der Waals surface area contributed by atoms with Gasteiger partial charge in [0.15, 0.2) is 5.82 Å². The van der Waals surface area contributed by atoms with E-state index in [1.165, 1.54) is 36.0 Å². The summed E-state index contributed by atoms with van der Waals surface area (Å²) in [5.41, 5.74) is 4.95. The lowest BCUT2D eigenvalue weighted by atomic mass is 10.0.